The Balaban J connectivity index is 2.11. The van der Waals surface area contributed by atoms with E-state index in [2.05, 4.69) is 0 Å². The van der Waals surface area contributed by atoms with Crippen LogP contribution in [0.5, 0.6) is 5.75 Å². The maximum Gasteiger partial charge on any atom is 0.265 e. The molecule has 0 saturated heterocycles. The van der Waals surface area contributed by atoms with Crippen molar-refractivity contribution in [2.75, 3.05) is 18.0 Å². The number of sulfonamides is 1. The molecule has 1 heterocycles. The number of fused-ring (bicyclic) bond motifs is 1. The number of benzene rings is 2. The summed E-state index contributed by atoms with van der Waals surface area (Å²) < 4.78 is 32.2. The van der Waals surface area contributed by atoms with E-state index < -0.39 is 10.0 Å². The van der Waals surface area contributed by atoms with E-state index in [0.29, 0.717) is 24.4 Å². The Morgan fingerprint density at radius 3 is 2.55 bits per heavy atom. The fourth-order valence-electron chi connectivity index (χ4n) is 2.55. The number of hydrogen-bond donors (Lipinski definition) is 0. The molecule has 0 radical (unpaired) electrons. The van der Waals surface area contributed by atoms with E-state index in [1.54, 1.807) is 6.07 Å². The lowest BCUT2D eigenvalue weighted by molar-refractivity contribution is 0.414. The van der Waals surface area contributed by atoms with Crippen LogP contribution in [0.15, 0.2) is 41.3 Å². The molecule has 0 fully saturated rings. The summed E-state index contributed by atoms with van der Waals surface area (Å²) in [6.07, 6.45) is 0.677. The Kier molecular flexibility index (Phi) is 3.97. The SMILES string of the molecule is COc1ccc(S(=O)(=O)N2CCc3ccccc32)c(Cl)c1Cl. The number of anilines is 1. The highest BCUT2D eigenvalue weighted by Crippen LogP contribution is 2.40. The number of halogens is 2. The largest absolute Gasteiger partial charge is 0.495 e. The van der Waals surface area contributed by atoms with Crippen molar-refractivity contribution in [1.82, 2.24) is 0 Å². The Bertz CT molecular complexity index is 837. The van der Waals surface area contributed by atoms with Crippen LogP contribution in [0.25, 0.3) is 0 Å². The van der Waals surface area contributed by atoms with E-state index >= 15 is 0 Å². The first kappa shape index (κ1) is 15.5. The number of nitrogens with zero attached hydrogens (tertiary/aromatic N) is 1. The van der Waals surface area contributed by atoms with E-state index in [4.69, 9.17) is 27.9 Å². The zero-order valence-corrected chi connectivity index (χ0v) is 14.0. The molecule has 0 N–H and O–H groups in total. The highest BCUT2D eigenvalue weighted by atomic mass is 35.5. The second-order valence-corrected chi connectivity index (χ2v) is 7.44. The molecule has 3 rings (SSSR count). The van der Waals surface area contributed by atoms with Gasteiger partial charge in [-0.2, -0.15) is 0 Å². The molecule has 0 atom stereocenters. The monoisotopic (exact) mass is 357 g/mol. The standard InChI is InChI=1S/C15H13Cl2NO3S/c1-21-12-6-7-13(15(17)14(12)16)22(19,20)18-9-8-10-4-2-3-5-11(10)18/h2-7H,8-9H2,1H3. The summed E-state index contributed by atoms with van der Waals surface area (Å²) >= 11 is 12.2. The van der Waals surface area contributed by atoms with E-state index in [9.17, 15) is 8.42 Å². The molecule has 1 aliphatic heterocycles. The summed E-state index contributed by atoms with van der Waals surface area (Å²) in [4.78, 5) is -0.0170. The topological polar surface area (TPSA) is 46.6 Å². The first-order chi connectivity index (χ1) is 10.5. The second kappa shape index (κ2) is 5.65. The predicted octanol–water partition coefficient (Wildman–Crippen LogP) is 3.75. The molecule has 4 nitrogen and oxygen atoms in total. The van der Waals surface area contributed by atoms with Gasteiger partial charge >= 0.3 is 0 Å². The zero-order chi connectivity index (χ0) is 15.9. The first-order valence-corrected chi connectivity index (χ1v) is 8.79. The highest BCUT2D eigenvalue weighted by Gasteiger charge is 2.33. The lowest BCUT2D eigenvalue weighted by Crippen LogP contribution is -2.29. The van der Waals surface area contributed by atoms with Gasteiger partial charge in [-0.1, -0.05) is 41.4 Å². The van der Waals surface area contributed by atoms with Crippen LogP contribution in [0.1, 0.15) is 5.56 Å². The molecule has 0 bridgehead atoms. The van der Waals surface area contributed by atoms with Crippen LogP contribution in [0.3, 0.4) is 0 Å². The normalized spacial score (nSPS) is 14.0. The van der Waals surface area contributed by atoms with E-state index in [-0.39, 0.29) is 14.9 Å². The van der Waals surface area contributed by atoms with Crippen molar-refractivity contribution in [3.63, 3.8) is 0 Å². The third-order valence-corrected chi connectivity index (χ3v) is 6.48. The van der Waals surface area contributed by atoms with Crippen LogP contribution < -0.4 is 9.04 Å². The molecular weight excluding hydrogens is 345 g/mol. The molecule has 2 aromatic carbocycles. The molecule has 0 spiro atoms. The third-order valence-electron chi connectivity index (χ3n) is 3.64. The molecule has 0 aliphatic carbocycles. The van der Waals surface area contributed by atoms with Crippen molar-refractivity contribution in [3.8, 4) is 5.75 Å². The van der Waals surface area contributed by atoms with E-state index in [1.807, 2.05) is 18.2 Å². The van der Waals surface area contributed by atoms with Crippen LogP contribution in [0.2, 0.25) is 10.0 Å². The van der Waals surface area contributed by atoms with Crippen molar-refractivity contribution >= 4 is 38.9 Å². The average molecular weight is 358 g/mol. The predicted molar refractivity (Wildman–Crippen MR) is 87.7 cm³/mol. The molecule has 2 aromatic rings. The van der Waals surface area contributed by atoms with E-state index in [1.165, 1.54) is 23.5 Å². The minimum Gasteiger partial charge on any atom is -0.495 e. The van der Waals surface area contributed by atoms with Gasteiger partial charge < -0.3 is 4.74 Å². The minimum atomic E-state index is -3.77. The summed E-state index contributed by atoms with van der Waals surface area (Å²) in [6.45, 7) is 0.391. The molecule has 0 saturated carbocycles. The fourth-order valence-corrected chi connectivity index (χ4v) is 4.87. The maximum atomic E-state index is 12.9. The zero-order valence-electron chi connectivity index (χ0n) is 11.7. The molecule has 7 heteroatoms. The van der Waals surface area contributed by atoms with Gasteiger partial charge in [-0.25, -0.2) is 8.42 Å². The summed E-state index contributed by atoms with van der Waals surface area (Å²) in [6, 6.07) is 10.3. The van der Waals surface area contributed by atoms with Crippen LogP contribution in [0, 0.1) is 0 Å². The average Bonchev–Trinajstić information content (AvgIpc) is 2.94. The number of methoxy groups -OCH3 is 1. The Labute approximate surface area is 139 Å². The van der Waals surface area contributed by atoms with Gasteiger partial charge in [0.15, 0.2) is 0 Å². The lowest BCUT2D eigenvalue weighted by Gasteiger charge is -2.21. The summed E-state index contributed by atoms with van der Waals surface area (Å²) in [5.74, 6) is 0.340. The Hall–Kier alpha value is -1.43. The molecule has 0 amide bonds. The number of hydrogen-bond acceptors (Lipinski definition) is 3. The van der Waals surface area contributed by atoms with Crippen molar-refractivity contribution in [2.24, 2.45) is 0 Å². The maximum absolute atomic E-state index is 12.9. The molecule has 0 aromatic heterocycles. The number of ether oxygens (including phenoxy) is 1. The summed E-state index contributed by atoms with van der Waals surface area (Å²) in [5.41, 5.74) is 1.69. The van der Waals surface area contributed by atoms with E-state index in [0.717, 1.165) is 5.56 Å². The van der Waals surface area contributed by atoms with Crippen molar-refractivity contribution in [3.05, 3.63) is 52.0 Å². The second-order valence-electron chi connectivity index (χ2n) is 4.85. The summed E-state index contributed by atoms with van der Waals surface area (Å²) in [5, 5.41) is 0.0723. The summed E-state index contributed by atoms with van der Waals surface area (Å²) in [7, 11) is -2.32. The van der Waals surface area contributed by atoms with Crippen LogP contribution in [-0.4, -0.2) is 22.1 Å². The fraction of sp³-hybridized carbons (Fsp3) is 0.200. The lowest BCUT2D eigenvalue weighted by atomic mass is 10.2. The van der Waals surface area contributed by atoms with Crippen LogP contribution >= 0.6 is 23.2 Å². The smallest absolute Gasteiger partial charge is 0.265 e. The van der Waals surface area contributed by atoms with Gasteiger partial charge in [0.05, 0.1) is 17.8 Å². The van der Waals surface area contributed by atoms with Gasteiger partial charge in [-0.05, 0) is 30.2 Å². The van der Waals surface area contributed by atoms with Crippen LogP contribution in [0.4, 0.5) is 5.69 Å². The van der Waals surface area contributed by atoms with Gasteiger partial charge in [0.1, 0.15) is 15.7 Å². The van der Waals surface area contributed by atoms with Gasteiger partial charge in [0, 0.05) is 6.54 Å². The highest BCUT2D eigenvalue weighted by molar-refractivity contribution is 7.93. The molecular formula is C15H13Cl2NO3S. The van der Waals surface area contributed by atoms with Gasteiger partial charge in [0.2, 0.25) is 0 Å². The molecule has 1 aliphatic rings. The van der Waals surface area contributed by atoms with Gasteiger partial charge in [-0.3, -0.25) is 4.31 Å². The number of rotatable bonds is 3. The van der Waals surface area contributed by atoms with Gasteiger partial charge in [-0.15, -0.1) is 0 Å². The first-order valence-electron chi connectivity index (χ1n) is 6.59. The Morgan fingerprint density at radius 1 is 1.09 bits per heavy atom. The van der Waals surface area contributed by atoms with Crippen molar-refractivity contribution < 1.29 is 13.2 Å². The molecule has 116 valence electrons. The Morgan fingerprint density at radius 2 is 1.82 bits per heavy atom. The van der Waals surface area contributed by atoms with Crippen molar-refractivity contribution in [2.45, 2.75) is 11.3 Å². The van der Waals surface area contributed by atoms with Crippen molar-refractivity contribution in [1.29, 1.82) is 0 Å². The third kappa shape index (κ3) is 2.33. The molecule has 22 heavy (non-hydrogen) atoms. The van der Waals surface area contributed by atoms with Crippen LogP contribution in [-0.2, 0) is 16.4 Å². The molecule has 0 unspecified atom stereocenters. The quantitative estimate of drug-likeness (QED) is 0.840. The minimum absolute atomic E-state index is 0.0170. The number of para-hydroxylation sites is 1. The van der Waals surface area contributed by atoms with Gasteiger partial charge in [0.25, 0.3) is 10.0 Å².